The van der Waals surface area contributed by atoms with Crippen LogP contribution in [0.1, 0.15) is 6.92 Å². The molecule has 0 atom stereocenters. The molecular formula is C6H13NY-2. The van der Waals surface area contributed by atoms with E-state index >= 15 is 0 Å². The van der Waals surface area contributed by atoms with E-state index in [1.54, 1.807) is 0 Å². The van der Waals surface area contributed by atoms with E-state index in [2.05, 4.69) is 18.2 Å². The summed E-state index contributed by atoms with van der Waals surface area (Å²) in [6, 6.07) is 0. The molecular weight excluding hydrogens is 175 g/mol. The van der Waals surface area contributed by atoms with E-state index in [0.717, 1.165) is 13.1 Å². The first-order valence-electron chi connectivity index (χ1n) is 2.57. The molecule has 0 heterocycles. The molecule has 0 aromatic heterocycles. The Morgan fingerprint density at radius 2 is 2.12 bits per heavy atom. The maximum absolute atomic E-state index is 3.71. The van der Waals surface area contributed by atoms with Gasteiger partial charge in [-0.05, 0) is 7.05 Å². The third-order valence-corrected chi connectivity index (χ3v) is 0.876. The van der Waals surface area contributed by atoms with Gasteiger partial charge in [0.15, 0.2) is 0 Å². The van der Waals surface area contributed by atoms with E-state index in [9.17, 15) is 0 Å². The standard InChI is InChI=1S/C6H13N.Y/c1-4-6-7(3)5-2;/h4H,2,5-6H2,1,3H3;/q-2;. The van der Waals surface area contributed by atoms with Gasteiger partial charge in [0.25, 0.3) is 0 Å². The van der Waals surface area contributed by atoms with Crippen molar-refractivity contribution in [3.63, 3.8) is 0 Å². The van der Waals surface area contributed by atoms with Crippen molar-refractivity contribution in [2.24, 2.45) is 0 Å². The number of rotatable bonds is 3. The molecule has 1 nitrogen and oxygen atoms in total. The molecule has 0 aliphatic carbocycles. The van der Waals surface area contributed by atoms with Gasteiger partial charge in [0.05, 0.1) is 0 Å². The predicted octanol–water partition coefficient (Wildman–Crippen LogP) is 0.974. The molecule has 2 heteroatoms. The van der Waals surface area contributed by atoms with Crippen molar-refractivity contribution in [1.82, 2.24) is 4.90 Å². The molecule has 0 aliphatic rings. The monoisotopic (exact) mass is 188 g/mol. The molecule has 0 N–H and O–H groups in total. The van der Waals surface area contributed by atoms with Crippen LogP contribution in [0.2, 0.25) is 0 Å². The largest absolute Gasteiger partial charge is 0.365 e. The minimum Gasteiger partial charge on any atom is -0.365 e. The van der Waals surface area contributed by atoms with Gasteiger partial charge in [-0.15, -0.1) is 13.1 Å². The molecule has 0 aromatic rings. The van der Waals surface area contributed by atoms with E-state index in [-0.39, 0.29) is 32.7 Å². The summed E-state index contributed by atoms with van der Waals surface area (Å²) in [6.07, 6.45) is 2.12. The van der Waals surface area contributed by atoms with Crippen LogP contribution >= 0.6 is 0 Å². The third-order valence-electron chi connectivity index (χ3n) is 0.876. The summed E-state index contributed by atoms with van der Waals surface area (Å²) in [6.45, 7) is 7.70. The second kappa shape index (κ2) is 8.06. The molecule has 0 bridgehead atoms. The molecule has 0 rings (SSSR count). The maximum Gasteiger partial charge on any atom is 0 e. The van der Waals surface area contributed by atoms with E-state index in [4.69, 9.17) is 0 Å². The summed E-state index contributed by atoms with van der Waals surface area (Å²) < 4.78 is 0. The van der Waals surface area contributed by atoms with Gasteiger partial charge < -0.3 is 18.2 Å². The fourth-order valence-electron chi connectivity index (χ4n) is 0.403. The van der Waals surface area contributed by atoms with Crippen molar-refractivity contribution in [3.8, 4) is 0 Å². The van der Waals surface area contributed by atoms with Crippen LogP contribution in [0.5, 0.6) is 0 Å². The summed E-state index contributed by atoms with van der Waals surface area (Å²) in [4.78, 5) is 2.14. The molecule has 0 unspecified atom stereocenters. The van der Waals surface area contributed by atoms with Crippen molar-refractivity contribution < 1.29 is 32.7 Å². The minimum atomic E-state index is 0. The topological polar surface area (TPSA) is 3.24 Å². The van der Waals surface area contributed by atoms with Crippen molar-refractivity contribution >= 4 is 0 Å². The molecule has 8 heavy (non-hydrogen) atoms. The molecule has 1 radical (unpaired) electrons. The van der Waals surface area contributed by atoms with Crippen molar-refractivity contribution in [1.29, 1.82) is 0 Å². The Kier molecular flexibility index (Phi) is 11.9. The Balaban J connectivity index is 0. The Bertz CT molecular complexity index is 39.5. The van der Waals surface area contributed by atoms with Gasteiger partial charge in [0, 0.05) is 32.7 Å². The summed E-state index contributed by atoms with van der Waals surface area (Å²) in [7, 11) is 2.05. The van der Waals surface area contributed by atoms with Crippen LogP contribution in [0.4, 0.5) is 0 Å². The average molecular weight is 188 g/mol. The first-order valence-corrected chi connectivity index (χ1v) is 2.57. The van der Waals surface area contributed by atoms with E-state index in [0.29, 0.717) is 0 Å². The van der Waals surface area contributed by atoms with Crippen molar-refractivity contribution in [3.05, 3.63) is 13.3 Å². The van der Waals surface area contributed by atoms with E-state index in [1.807, 2.05) is 14.0 Å². The van der Waals surface area contributed by atoms with Gasteiger partial charge in [-0.1, -0.05) is 0 Å². The molecule has 0 aliphatic heterocycles. The fraction of sp³-hybridized carbons (Fsp3) is 0.667. The second-order valence-electron chi connectivity index (χ2n) is 1.67. The minimum absolute atomic E-state index is 0. The summed E-state index contributed by atoms with van der Waals surface area (Å²) in [5, 5.41) is 0. The number of hydrogen-bond donors (Lipinski definition) is 0. The second-order valence-corrected chi connectivity index (χ2v) is 1.67. The number of hydrogen-bond acceptors (Lipinski definition) is 1. The van der Waals surface area contributed by atoms with Crippen LogP contribution in [0, 0.1) is 13.3 Å². The van der Waals surface area contributed by atoms with Crippen LogP contribution in [-0.4, -0.2) is 25.0 Å². The first kappa shape index (κ1) is 11.8. The van der Waals surface area contributed by atoms with Gasteiger partial charge in [-0.2, -0.15) is 6.92 Å². The zero-order chi connectivity index (χ0) is 5.70. The van der Waals surface area contributed by atoms with Crippen LogP contribution in [0.3, 0.4) is 0 Å². The molecule has 0 fully saturated rings. The Hall–Kier alpha value is 1.06. The Labute approximate surface area is 77.7 Å². The van der Waals surface area contributed by atoms with Gasteiger partial charge in [0.1, 0.15) is 0 Å². The van der Waals surface area contributed by atoms with Gasteiger partial charge in [-0.3, -0.25) is 0 Å². The predicted molar refractivity (Wildman–Crippen MR) is 32.8 cm³/mol. The summed E-state index contributed by atoms with van der Waals surface area (Å²) in [5.74, 6) is 0. The smallest absolute Gasteiger partial charge is 0 e. The molecule has 0 saturated heterocycles. The Morgan fingerprint density at radius 3 is 2.25 bits per heavy atom. The van der Waals surface area contributed by atoms with Crippen LogP contribution < -0.4 is 0 Å². The number of nitrogens with zero attached hydrogens (tertiary/aromatic N) is 1. The summed E-state index contributed by atoms with van der Waals surface area (Å²) in [5.41, 5.74) is 0. The molecule has 47 valence electrons. The quantitative estimate of drug-likeness (QED) is 0.596. The zero-order valence-electron chi connectivity index (χ0n) is 5.72. The van der Waals surface area contributed by atoms with E-state index in [1.165, 1.54) is 0 Å². The van der Waals surface area contributed by atoms with Gasteiger partial charge >= 0.3 is 0 Å². The van der Waals surface area contributed by atoms with Crippen LogP contribution in [-0.2, 0) is 32.7 Å². The first-order chi connectivity index (χ1) is 3.31. The maximum atomic E-state index is 3.71. The Morgan fingerprint density at radius 1 is 1.62 bits per heavy atom. The van der Waals surface area contributed by atoms with E-state index < -0.39 is 0 Å². The van der Waals surface area contributed by atoms with Gasteiger partial charge in [0.2, 0.25) is 0 Å². The SMILES string of the molecule is [CH2-]CN(C)C[CH-]C.[Y]. The van der Waals surface area contributed by atoms with Crippen molar-refractivity contribution in [2.45, 2.75) is 6.92 Å². The summed E-state index contributed by atoms with van der Waals surface area (Å²) >= 11 is 0. The third kappa shape index (κ3) is 7.06. The van der Waals surface area contributed by atoms with Gasteiger partial charge in [-0.25, -0.2) is 0 Å². The molecule has 0 aromatic carbocycles. The normalized spacial score (nSPS) is 9.00. The molecule has 0 amide bonds. The fourth-order valence-corrected chi connectivity index (χ4v) is 0.403. The molecule has 0 saturated carbocycles. The van der Waals surface area contributed by atoms with Crippen LogP contribution in [0.25, 0.3) is 0 Å². The molecule has 0 spiro atoms. The van der Waals surface area contributed by atoms with Crippen LogP contribution in [0.15, 0.2) is 0 Å². The average Bonchev–Trinajstić information content (AvgIpc) is 1.68. The van der Waals surface area contributed by atoms with Crippen molar-refractivity contribution in [2.75, 3.05) is 20.1 Å². The zero-order valence-corrected chi connectivity index (χ0v) is 8.56.